The van der Waals surface area contributed by atoms with Crippen LogP contribution in [0.2, 0.25) is 0 Å². The average molecular weight is 367 g/mol. The minimum absolute atomic E-state index is 0.119. The highest BCUT2D eigenvalue weighted by Crippen LogP contribution is 2.20. The van der Waals surface area contributed by atoms with Crippen molar-refractivity contribution < 1.29 is 9.53 Å². The Morgan fingerprint density at radius 2 is 1.81 bits per heavy atom. The summed E-state index contributed by atoms with van der Waals surface area (Å²) in [6.45, 7) is 6.84. The summed E-state index contributed by atoms with van der Waals surface area (Å²) in [5.74, 6) is 0.119. The molecule has 5 nitrogen and oxygen atoms in total. The van der Waals surface area contributed by atoms with Crippen LogP contribution in [-0.2, 0) is 16.1 Å². The van der Waals surface area contributed by atoms with Gasteiger partial charge in [-0.2, -0.15) is 0 Å². The van der Waals surface area contributed by atoms with Gasteiger partial charge in [-0.3, -0.25) is 14.6 Å². The molecule has 0 radical (unpaired) electrons. The molecule has 0 bridgehead atoms. The third-order valence-electron chi connectivity index (χ3n) is 5.66. The molecular weight excluding hydrogens is 338 g/mol. The lowest BCUT2D eigenvalue weighted by atomic mass is 10.0. The Morgan fingerprint density at radius 3 is 2.63 bits per heavy atom. The predicted octanol–water partition coefficient (Wildman–Crippen LogP) is 2.25. The number of nitrogens with zero attached hydrogens (tertiary/aromatic N) is 2. The van der Waals surface area contributed by atoms with E-state index in [1.807, 2.05) is 0 Å². The van der Waals surface area contributed by atoms with Gasteiger partial charge in [0.05, 0.1) is 12.6 Å². The molecule has 1 atom stereocenters. The van der Waals surface area contributed by atoms with Gasteiger partial charge in [0.25, 0.3) is 0 Å². The maximum atomic E-state index is 12.2. The molecule has 5 heteroatoms. The first-order valence-electron chi connectivity index (χ1n) is 10.1. The lowest BCUT2D eigenvalue weighted by molar-refractivity contribution is -0.123. The number of carbonyl (C=O) groups is 1. The van der Waals surface area contributed by atoms with Crippen LogP contribution in [0.5, 0.6) is 0 Å². The number of amides is 1. The number of hydrogen-bond acceptors (Lipinski definition) is 4. The summed E-state index contributed by atoms with van der Waals surface area (Å²) in [6, 6.07) is 15.1. The second kappa shape index (κ2) is 8.83. The zero-order valence-corrected chi connectivity index (χ0v) is 15.9. The highest BCUT2D eigenvalue weighted by Gasteiger charge is 2.21. The van der Waals surface area contributed by atoms with Crippen LogP contribution in [0.4, 0.5) is 0 Å². The maximum absolute atomic E-state index is 12.2. The Hall–Kier alpha value is -1.95. The van der Waals surface area contributed by atoms with Crippen molar-refractivity contribution in [1.82, 2.24) is 15.1 Å². The molecule has 2 aromatic rings. The first kappa shape index (κ1) is 18.4. The van der Waals surface area contributed by atoms with Crippen LogP contribution in [0.15, 0.2) is 42.5 Å². The van der Waals surface area contributed by atoms with Gasteiger partial charge in [0.1, 0.15) is 0 Å². The normalized spacial score (nSPS) is 21.6. The maximum Gasteiger partial charge on any atom is 0.234 e. The van der Waals surface area contributed by atoms with E-state index in [1.165, 1.54) is 16.3 Å². The Balaban J connectivity index is 1.23. The number of ether oxygens (including phenoxy) is 1. The van der Waals surface area contributed by atoms with E-state index < -0.39 is 0 Å². The van der Waals surface area contributed by atoms with Crippen LogP contribution in [0.25, 0.3) is 10.8 Å². The molecule has 2 aliphatic rings. The van der Waals surface area contributed by atoms with Gasteiger partial charge in [-0.1, -0.05) is 42.5 Å². The number of hydrogen-bond donors (Lipinski definition) is 1. The highest BCUT2D eigenvalue weighted by molar-refractivity contribution is 5.85. The van der Waals surface area contributed by atoms with E-state index in [0.717, 1.165) is 52.2 Å². The molecule has 0 saturated carbocycles. The van der Waals surface area contributed by atoms with Crippen molar-refractivity contribution >= 4 is 16.7 Å². The number of nitrogens with one attached hydrogen (secondary N) is 1. The summed E-state index contributed by atoms with van der Waals surface area (Å²) >= 11 is 0. The molecule has 2 aromatic carbocycles. The van der Waals surface area contributed by atoms with Crippen molar-refractivity contribution in [3.05, 3.63) is 48.0 Å². The van der Waals surface area contributed by atoms with E-state index in [1.54, 1.807) is 0 Å². The van der Waals surface area contributed by atoms with Gasteiger partial charge in [-0.15, -0.1) is 0 Å². The quantitative estimate of drug-likeness (QED) is 0.851. The molecule has 0 spiro atoms. The van der Waals surface area contributed by atoms with Gasteiger partial charge in [-0.05, 0) is 29.2 Å². The zero-order valence-electron chi connectivity index (χ0n) is 15.9. The minimum atomic E-state index is 0.119. The van der Waals surface area contributed by atoms with Crippen LogP contribution < -0.4 is 5.32 Å². The van der Waals surface area contributed by atoms with Gasteiger partial charge >= 0.3 is 0 Å². The molecule has 2 aliphatic heterocycles. The average Bonchev–Trinajstić information content (AvgIpc) is 3.22. The molecule has 2 fully saturated rings. The van der Waals surface area contributed by atoms with Gasteiger partial charge in [0.2, 0.25) is 5.91 Å². The summed E-state index contributed by atoms with van der Waals surface area (Å²) in [5, 5.41) is 5.67. The lowest BCUT2D eigenvalue weighted by Crippen LogP contribution is -2.49. The van der Waals surface area contributed by atoms with Gasteiger partial charge < -0.3 is 10.1 Å². The minimum Gasteiger partial charge on any atom is -0.376 e. The molecule has 2 saturated heterocycles. The summed E-state index contributed by atoms with van der Waals surface area (Å²) in [7, 11) is 0. The zero-order chi connectivity index (χ0) is 18.5. The van der Waals surface area contributed by atoms with Crippen molar-refractivity contribution in [2.75, 3.05) is 45.9 Å². The summed E-state index contributed by atoms with van der Waals surface area (Å²) in [6.07, 6.45) is 2.39. The first-order valence-corrected chi connectivity index (χ1v) is 10.1. The molecular formula is C22H29N3O2. The van der Waals surface area contributed by atoms with E-state index in [0.29, 0.717) is 13.1 Å². The van der Waals surface area contributed by atoms with Crippen LogP contribution >= 0.6 is 0 Å². The SMILES string of the molecule is O=C(CN1CCN(Cc2cccc3ccccc23)CC1)NC[C@@H]1CCCO1. The van der Waals surface area contributed by atoms with Crippen molar-refractivity contribution in [3.8, 4) is 0 Å². The van der Waals surface area contributed by atoms with E-state index in [4.69, 9.17) is 4.74 Å². The Bertz CT molecular complexity index is 760. The topological polar surface area (TPSA) is 44.8 Å². The Morgan fingerprint density at radius 1 is 1.04 bits per heavy atom. The van der Waals surface area contributed by atoms with Crippen LogP contribution in [0.1, 0.15) is 18.4 Å². The standard InChI is InChI=1S/C22H29N3O2/c26-22(23-15-20-8-4-14-27-20)17-25-12-10-24(11-13-25)16-19-7-3-6-18-5-1-2-9-21(18)19/h1-3,5-7,9,20H,4,8,10-17H2,(H,23,26)/t20-/m0/s1. The lowest BCUT2D eigenvalue weighted by Gasteiger charge is -2.34. The van der Waals surface area contributed by atoms with Crippen LogP contribution in [0, 0.1) is 0 Å². The molecule has 0 aliphatic carbocycles. The van der Waals surface area contributed by atoms with Gasteiger partial charge in [-0.25, -0.2) is 0 Å². The Labute approximate surface area is 161 Å². The van der Waals surface area contributed by atoms with E-state index >= 15 is 0 Å². The van der Waals surface area contributed by atoms with Crippen molar-refractivity contribution in [2.24, 2.45) is 0 Å². The van der Waals surface area contributed by atoms with Gasteiger partial charge in [0, 0.05) is 45.9 Å². The molecule has 4 rings (SSSR count). The van der Waals surface area contributed by atoms with Gasteiger partial charge in [0.15, 0.2) is 0 Å². The summed E-state index contributed by atoms with van der Waals surface area (Å²) in [5.41, 5.74) is 1.39. The number of benzene rings is 2. The number of carbonyl (C=O) groups excluding carboxylic acids is 1. The second-order valence-corrected chi connectivity index (χ2v) is 7.63. The predicted molar refractivity (Wildman–Crippen MR) is 108 cm³/mol. The molecule has 2 heterocycles. The smallest absolute Gasteiger partial charge is 0.234 e. The van der Waals surface area contributed by atoms with Crippen molar-refractivity contribution in [1.29, 1.82) is 0 Å². The summed E-state index contributed by atoms with van der Waals surface area (Å²) in [4.78, 5) is 16.9. The largest absolute Gasteiger partial charge is 0.376 e. The van der Waals surface area contributed by atoms with E-state index in [2.05, 4.69) is 57.6 Å². The molecule has 0 aromatic heterocycles. The molecule has 1 amide bonds. The number of fused-ring (bicyclic) bond motifs is 1. The third-order valence-corrected chi connectivity index (χ3v) is 5.66. The number of piperazine rings is 1. The van der Waals surface area contributed by atoms with Crippen LogP contribution in [0.3, 0.4) is 0 Å². The van der Waals surface area contributed by atoms with Crippen molar-refractivity contribution in [3.63, 3.8) is 0 Å². The second-order valence-electron chi connectivity index (χ2n) is 7.63. The monoisotopic (exact) mass is 367 g/mol. The highest BCUT2D eigenvalue weighted by atomic mass is 16.5. The van der Waals surface area contributed by atoms with E-state index in [-0.39, 0.29) is 12.0 Å². The molecule has 0 unspecified atom stereocenters. The number of rotatable bonds is 6. The fraction of sp³-hybridized carbons (Fsp3) is 0.500. The van der Waals surface area contributed by atoms with Crippen molar-refractivity contribution in [2.45, 2.75) is 25.5 Å². The fourth-order valence-electron chi connectivity index (χ4n) is 4.07. The Kier molecular flexibility index (Phi) is 6.02. The first-order chi connectivity index (χ1) is 13.3. The van der Waals surface area contributed by atoms with E-state index in [9.17, 15) is 4.79 Å². The fourth-order valence-corrected chi connectivity index (χ4v) is 4.07. The molecule has 144 valence electrons. The molecule has 27 heavy (non-hydrogen) atoms. The third kappa shape index (κ3) is 4.86. The molecule has 1 N–H and O–H groups in total. The summed E-state index contributed by atoms with van der Waals surface area (Å²) < 4.78 is 5.56. The van der Waals surface area contributed by atoms with Crippen LogP contribution in [-0.4, -0.2) is 67.7 Å².